The Labute approximate surface area is 194 Å². The van der Waals surface area contributed by atoms with E-state index in [1.165, 1.54) is 0 Å². The molecule has 0 aliphatic carbocycles. The fraction of sp³-hybridized carbons (Fsp3) is 0.833. The zero-order valence-corrected chi connectivity index (χ0v) is 19.8. The van der Waals surface area contributed by atoms with E-state index in [2.05, 4.69) is 23.0 Å². The standard InChI is InChI=1S/C24H44N2O6/c1-3-11-27-17-23-19-29-13-7-25-5-6-26(8-14-30-20-23)10-16-32-22-24(18-28-12-4-2)21-31-15-9-25/h3-4,23-24H,1-2,5-22H2. The molecule has 32 heavy (non-hydrogen) atoms. The molecule has 0 aromatic heterocycles. The van der Waals surface area contributed by atoms with Gasteiger partial charge in [0, 0.05) is 51.1 Å². The third kappa shape index (κ3) is 13.0. The lowest BCUT2D eigenvalue weighted by Gasteiger charge is -2.27. The van der Waals surface area contributed by atoms with Crippen LogP contribution in [0.1, 0.15) is 0 Å². The summed E-state index contributed by atoms with van der Waals surface area (Å²) in [5, 5.41) is 0. The van der Waals surface area contributed by atoms with Crippen LogP contribution in [0.25, 0.3) is 0 Å². The molecule has 2 saturated heterocycles. The van der Waals surface area contributed by atoms with Gasteiger partial charge >= 0.3 is 0 Å². The van der Waals surface area contributed by atoms with E-state index in [0.29, 0.717) is 79.3 Å². The summed E-state index contributed by atoms with van der Waals surface area (Å²) in [6.07, 6.45) is 3.54. The number of ether oxygens (including phenoxy) is 6. The first-order chi connectivity index (χ1) is 15.8. The summed E-state index contributed by atoms with van der Waals surface area (Å²) in [5.41, 5.74) is 0. The highest BCUT2D eigenvalue weighted by Crippen LogP contribution is 2.06. The van der Waals surface area contributed by atoms with Crippen molar-refractivity contribution in [2.45, 2.75) is 0 Å². The third-order valence-electron chi connectivity index (χ3n) is 5.53. The van der Waals surface area contributed by atoms with Crippen LogP contribution >= 0.6 is 0 Å². The van der Waals surface area contributed by atoms with Crippen molar-refractivity contribution in [3.05, 3.63) is 25.3 Å². The smallest absolute Gasteiger partial charge is 0.0645 e. The molecule has 2 aliphatic rings. The van der Waals surface area contributed by atoms with E-state index in [-0.39, 0.29) is 11.8 Å². The van der Waals surface area contributed by atoms with Crippen LogP contribution in [0.3, 0.4) is 0 Å². The van der Waals surface area contributed by atoms with Gasteiger partial charge in [-0.15, -0.1) is 13.2 Å². The zero-order valence-electron chi connectivity index (χ0n) is 19.8. The average molecular weight is 457 g/mol. The minimum atomic E-state index is 0.232. The van der Waals surface area contributed by atoms with E-state index < -0.39 is 0 Å². The number of fused-ring (bicyclic) bond motifs is 3. The minimum Gasteiger partial charge on any atom is -0.380 e. The molecule has 2 bridgehead atoms. The molecule has 2 fully saturated rings. The van der Waals surface area contributed by atoms with E-state index >= 15 is 0 Å². The Balaban J connectivity index is 1.89. The van der Waals surface area contributed by atoms with E-state index in [1.54, 1.807) is 12.2 Å². The number of hydrogen-bond acceptors (Lipinski definition) is 8. The quantitative estimate of drug-likeness (QED) is 0.400. The van der Waals surface area contributed by atoms with Gasteiger partial charge in [-0.25, -0.2) is 0 Å². The molecular weight excluding hydrogens is 412 g/mol. The highest BCUT2D eigenvalue weighted by atomic mass is 16.5. The molecule has 8 nitrogen and oxygen atoms in total. The Morgan fingerprint density at radius 1 is 0.594 bits per heavy atom. The van der Waals surface area contributed by atoms with Gasteiger partial charge in [-0.2, -0.15) is 0 Å². The molecule has 0 amide bonds. The van der Waals surface area contributed by atoms with Gasteiger partial charge in [0.25, 0.3) is 0 Å². The molecule has 2 heterocycles. The fourth-order valence-electron chi connectivity index (χ4n) is 3.65. The third-order valence-corrected chi connectivity index (χ3v) is 5.53. The molecule has 0 aromatic carbocycles. The summed E-state index contributed by atoms with van der Waals surface area (Å²) in [5.74, 6) is 0.463. The van der Waals surface area contributed by atoms with Gasteiger partial charge in [0.1, 0.15) is 0 Å². The first-order valence-corrected chi connectivity index (χ1v) is 11.9. The molecule has 0 radical (unpaired) electrons. The highest BCUT2D eigenvalue weighted by molar-refractivity contribution is 4.69. The van der Waals surface area contributed by atoms with Crippen LogP contribution in [0.15, 0.2) is 25.3 Å². The maximum atomic E-state index is 5.98. The lowest BCUT2D eigenvalue weighted by atomic mass is 10.2. The van der Waals surface area contributed by atoms with Crippen LogP contribution in [-0.2, 0) is 28.4 Å². The first-order valence-electron chi connectivity index (χ1n) is 11.9. The van der Waals surface area contributed by atoms with Crippen molar-refractivity contribution < 1.29 is 28.4 Å². The Morgan fingerprint density at radius 3 is 1.25 bits per heavy atom. The van der Waals surface area contributed by atoms with E-state index in [1.807, 2.05) is 0 Å². The predicted octanol–water partition coefficient (Wildman–Crippen LogP) is 1.32. The fourth-order valence-corrected chi connectivity index (χ4v) is 3.65. The lowest BCUT2D eigenvalue weighted by molar-refractivity contribution is -0.0155. The molecule has 0 N–H and O–H groups in total. The van der Waals surface area contributed by atoms with E-state index in [4.69, 9.17) is 28.4 Å². The number of nitrogens with zero attached hydrogens (tertiary/aromatic N) is 2. The molecule has 8 heteroatoms. The number of hydrogen-bond donors (Lipinski definition) is 0. The normalized spacial score (nSPS) is 29.9. The molecular formula is C24H44N2O6. The number of rotatable bonds is 8. The molecule has 0 aromatic rings. The van der Waals surface area contributed by atoms with Gasteiger partial charge in [0.05, 0.1) is 79.3 Å². The van der Waals surface area contributed by atoms with Gasteiger partial charge in [-0.05, 0) is 0 Å². The summed E-state index contributed by atoms with van der Waals surface area (Å²) >= 11 is 0. The Morgan fingerprint density at radius 2 is 0.938 bits per heavy atom. The molecule has 2 aliphatic heterocycles. The average Bonchev–Trinajstić information content (AvgIpc) is 2.83. The largest absolute Gasteiger partial charge is 0.380 e. The van der Waals surface area contributed by atoms with Crippen LogP contribution in [-0.4, -0.2) is 128 Å². The van der Waals surface area contributed by atoms with E-state index in [0.717, 1.165) is 39.3 Å². The lowest BCUT2D eigenvalue weighted by Crippen LogP contribution is -2.40. The summed E-state index contributed by atoms with van der Waals surface area (Å²) in [6.45, 7) is 20.6. The maximum Gasteiger partial charge on any atom is 0.0645 e. The molecule has 0 atom stereocenters. The van der Waals surface area contributed by atoms with Crippen LogP contribution in [0.5, 0.6) is 0 Å². The van der Waals surface area contributed by atoms with Crippen molar-refractivity contribution in [1.29, 1.82) is 0 Å². The molecule has 0 unspecified atom stereocenters. The second-order valence-electron chi connectivity index (χ2n) is 8.37. The Kier molecular flexibility index (Phi) is 15.9. The molecule has 186 valence electrons. The zero-order chi connectivity index (χ0) is 22.7. The van der Waals surface area contributed by atoms with Gasteiger partial charge in [-0.3, -0.25) is 9.80 Å². The van der Waals surface area contributed by atoms with Gasteiger partial charge in [0.2, 0.25) is 0 Å². The van der Waals surface area contributed by atoms with Gasteiger partial charge < -0.3 is 28.4 Å². The first kappa shape index (κ1) is 27.4. The summed E-state index contributed by atoms with van der Waals surface area (Å²) in [4.78, 5) is 4.86. The van der Waals surface area contributed by atoms with Crippen molar-refractivity contribution >= 4 is 0 Å². The van der Waals surface area contributed by atoms with Crippen molar-refractivity contribution in [3.63, 3.8) is 0 Å². The van der Waals surface area contributed by atoms with Crippen molar-refractivity contribution in [2.24, 2.45) is 11.8 Å². The van der Waals surface area contributed by atoms with Crippen molar-refractivity contribution in [1.82, 2.24) is 9.80 Å². The summed E-state index contributed by atoms with van der Waals surface area (Å²) in [7, 11) is 0. The SMILES string of the molecule is C=CCOCC1COCCN2CCOCC(COCC=C)COCCN(CCOC1)CC2. The van der Waals surface area contributed by atoms with Crippen molar-refractivity contribution in [2.75, 3.05) is 119 Å². The van der Waals surface area contributed by atoms with Gasteiger partial charge in [0.15, 0.2) is 0 Å². The van der Waals surface area contributed by atoms with E-state index in [9.17, 15) is 0 Å². The highest BCUT2D eigenvalue weighted by Gasteiger charge is 2.16. The monoisotopic (exact) mass is 456 g/mol. The second-order valence-corrected chi connectivity index (χ2v) is 8.37. The van der Waals surface area contributed by atoms with Crippen molar-refractivity contribution in [3.8, 4) is 0 Å². The maximum absolute atomic E-state index is 5.98. The Bertz CT molecular complexity index is 415. The summed E-state index contributed by atoms with van der Waals surface area (Å²) < 4.78 is 35.2. The second kappa shape index (κ2) is 18.6. The summed E-state index contributed by atoms with van der Waals surface area (Å²) in [6, 6.07) is 0. The van der Waals surface area contributed by atoms with Crippen LogP contribution < -0.4 is 0 Å². The van der Waals surface area contributed by atoms with Crippen LogP contribution in [0, 0.1) is 11.8 Å². The van der Waals surface area contributed by atoms with Crippen LogP contribution in [0.4, 0.5) is 0 Å². The van der Waals surface area contributed by atoms with Gasteiger partial charge in [-0.1, -0.05) is 12.2 Å². The topological polar surface area (TPSA) is 61.9 Å². The predicted molar refractivity (Wildman–Crippen MR) is 125 cm³/mol. The molecule has 0 saturated carbocycles. The molecule has 0 spiro atoms. The Hall–Kier alpha value is -0.840. The van der Waals surface area contributed by atoms with Crippen LogP contribution in [0.2, 0.25) is 0 Å². The molecule has 2 rings (SSSR count). The minimum absolute atomic E-state index is 0.232.